The summed E-state index contributed by atoms with van der Waals surface area (Å²) < 4.78 is 14.9. The van der Waals surface area contributed by atoms with Gasteiger partial charge in [-0.25, -0.2) is 9.37 Å². The van der Waals surface area contributed by atoms with Crippen molar-refractivity contribution in [2.45, 2.75) is 19.4 Å². The van der Waals surface area contributed by atoms with Crippen LogP contribution in [-0.2, 0) is 6.42 Å². The molecule has 19 heavy (non-hydrogen) atoms. The van der Waals surface area contributed by atoms with Crippen LogP contribution in [0.2, 0.25) is 0 Å². The molecule has 0 amide bonds. The van der Waals surface area contributed by atoms with Crippen LogP contribution >= 0.6 is 31.9 Å². The van der Waals surface area contributed by atoms with Crippen LogP contribution in [0.25, 0.3) is 0 Å². The Morgan fingerprint density at radius 3 is 2.68 bits per heavy atom. The molecule has 0 fully saturated rings. The quantitative estimate of drug-likeness (QED) is 0.797. The maximum atomic E-state index is 13.4. The van der Waals surface area contributed by atoms with Gasteiger partial charge in [0.2, 0.25) is 0 Å². The summed E-state index contributed by atoms with van der Waals surface area (Å²) >= 11 is 6.76. The molecule has 0 aliphatic rings. The summed E-state index contributed by atoms with van der Waals surface area (Å²) in [4.78, 5) is 4.36. The van der Waals surface area contributed by atoms with Crippen molar-refractivity contribution in [1.82, 2.24) is 4.98 Å². The second-order valence-corrected chi connectivity index (χ2v) is 6.12. The number of nitrogens with two attached hydrogens (primary N) is 1. The highest BCUT2D eigenvalue weighted by Gasteiger charge is 2.13. The molecule has 0 aliphatic carbocycles. The van der Waals surface area contributed by atoms with E-state index in [9.17, 15) is 4.39 Å². The number of hydrogen-bond acceptors (Lipinski definition) is 2. The molecular formula is C14H13Br2FN2. The zero-order chi connectivity index (χ0) is 14.0. The molecule has 0 aliphatic heterocycles. The molecular weight excluding hydrogens is 375 g/mol. The molecule has 2 N–H and O–H groups in total. The average molecular weight is 388 g/mol. The highest BCUT2D eigenvalue weighted by atomic mass is 79.9. The van der Waals surface area contributed by atoms with Crippen molar-refractivity contribution < 1.29 is 4.39 Å². The van der Waals surface area contributed by atoms with Crippen molar-refractivity contribution in [3.05, 3.63) is 62.0 Å². The maximum absolute atomic E-state index is 13.4. The Morgan fingerprint density at radius 1 is 1.26 bits per heavy atom. The number of aryl methyl sites for hydroxylation is 1. The maximum Gasteiger partial charge on any atom is 0.123 e. The normalized spacial score (nSPS) is 12.5. The van der Waals surface area contributed by atoms with E-state index in [1.807, 2.05) is 25.1 Å². The molecule has 1 aromatic heterocycles. The van der Waals surface area contributed by atoms with Gasteiger partial charge >= 0.3 is 0 Å². The Bertz CT molecular complexity index is 582. The molecule has 1 atom stereocenters. The second-order valence-electron chi connectivity index (χ2n) is 4.45. The third kappa shape index (κ3) is 3.84. The van der Waals surface area contributed by atoms with Crippen molar-refractivity contribution in [3.8, 4) is 0 Å². The van der Waals surface area contributed by atoms with Crippen LogP contribution < -0.4 is 5.73 Å². The smallest absolute Gasteiger partial charge is 0.123 e. The summed E-state index contributed by atoms with van der Waals surface area (Å²) in [5, 5.41) is 0. The van der Waals surface area contributed by atoms with Crippen molar-refractivity contribution in [1.29, 1.82) is 0 Å². The highest BCUT2D eigenvalue weighted by Crippen LogP contribution is 2.25. The van der Waals surface area contributed by atoms with Gasteiger partial charge in [0.25, 0.3) is 0 Å². The standard InChI is InChI=1S/C14H13Br2FN2/c1-8-4-9(6-10(17)5-8)7-12(18)14-11(15)2-3-13(16)19-14/h2-6,12H,7,18H2,1H3. The Balaban J connectivity index is 2.25. The van der Waals surface area contributed by atoms with Crippen molar-refractivity contribution >= 4 is 31.9 Å². The summed E-state index contributed by atoms with van der Waals surface area (Å²) in [6.45, 7) is 1.87. The van der Waals surface area contributed by atoms with Gasteiger partial charge in [0.15, 0.2) is 0 Å². The summed E-state index contributed by atoms with van der Waals surface area (Å²) in [6.07, 6.45) is 0.542. The number of nitrogens with zero attached hydrogens (tertiary/aromatic N) is 1. The van der Waals surface area contributed by atoms with Crippen LogP contribution in [0, 0.1) is 12.7 Å². The summed E-state index contributed by atoms with van der Waals surface area (Å²) in [5.41, 5.74) is 8.69. The van der Waals surface area contributed by atoms with E-state index in [1.54, 1.807) is 0 Å². The Labute approximate surface area is 128 Å². The van der Waals surface area contributed by atoms with E-state index in [1.165, 1.54) is 12.1 Å². The lowest BCUT2D eigenvalue weighted by molar-refractivity contribution is 0.619. The Hall–Kier alpha value is -0.780. The first-order chi connectivity index (χ1) is 8.95. The average Bonchev–Trinajstić information content (AvgIpc) is 2.30. The van der Waals surface area contributed by atoms with E-state index in [4.69, 9.17) is 5.73 Å². The van der Waals surface area contributed by atoms with Crippen LogP contribution in [0.15, 0.2) is 39.4 Å². The lowest BCUT2D eigenvalue weighted by atomic mass is 10.0. The molecule has 5 heteroatoms. The van der Waals surface area contributed by atoms with Gasteiger partial charge in [0.05, 0.1) is 11.7 Å². The highest BCUT2D eigenvalue weighted by molar-refractivity contribution is 9.11. The van der Waals surface area contributed by atoms with Crippen LogP contribution in [0.5, 0.6) is 0 Å². The SMILES string of the molecule is Cc1cc(F)cc(CC(N)c2nc(Br)ccc2Br)c1. The zero-order valence-electron chi connectivity index (χ0n) is 10.3. The topological polar surface area (TPSA) is 38.9 Å². The molecule has 2 rings (SSSR count). The first kappa shape index (κ1) is 14.6. The van der Waals surface area contributed by atoms with Crippen molar-refractivity contribution in [3.63, 3.8) is 0 Å². The van der Waals surface area contributed by atoms with Crippen LogP contribution in [-0.4, -0.2) is 4.98 Å². The van der Waals surface area contributed by atoms with E-state index >= 15 is 0 Å². The second kappa shape index (κ2) is 6.11. The summed E-state index contributed by atoms with van der Waals surface area (Å²) in [6, 6.07) is 8.40. The predicted molar refractivity (Wildman–Crippen MR) is 81.4 cm³/mol. The van der Waals surface area contributed by atoms with Gasteiger partial charge in [0, 0.05) is 4.47 Å². The third-order valence-corrected chi connectivity index (χ3v) is 3.86. The fraction of sp³-hybridized carbons (Fsp3) is 0.214. The number of halogens is 3. The fourth-order valence-corrected chi connectivity index (χ4v) is 2.81. The predicted octanol–water partition coefficient (Wildman–Crippen LogP) is 4.30. The molecule has 2 aromatic rings. The molecule has 0 spiro atoms. The van der Waals surface area contributed by atoms with E-state index in [0.717, 1.165) is 25.9 Å². The Kier molecular flexibility index (Phi) is 4.71. The molecule has 1 aromatic carbocycles. The molecule has 2 nitrogen and oxygen atoms in total. The minimum absolute atomic E-state index is 0.233. The van der Waals surface area contributed by atoms with Gasteiger partial charge in [-0.3, -0.25) is 0 Å². The lowest BCUT2D eigenvalue weighted by Crippen LogP contribution is -2.16. The van der Waals surface area contributed by atoms with Gasteiger partial charge in [-0.1, -0.05) is 6.07 Å². The lowest BCUT2D eigenvalue weighted by Gasteiger charge is -2.14. The van der Waals surface area contributed by atoms with Gasteiger partial charge in [-0.2, -0.15) is 0 Å². The molecule has 1 unspecified atom stereocenters. The number of aromatic nitrogens is 1. The first-order valence-electron chi connectivity index (χ1n) is 5.79. The molecule has 1 heterocycles. The molecule has 100 valence electrons. The van der Waals surface area contributed by atoms with E-state index in [0.29, 0.717) is 6.42 Å². The summed E-state index contributed by atoms with van der Waals surface area (Å²) in [7, 11) is 0. The molecule has 0 radical (unpaired) electrons. The van der Waals surface area contributed by atoms with Crippen molar-refractivity contribution in [2.24, 2.45) is 5.73 Å². The van der Waals surface area contributed by atoms with Gasteiger partial charge in [-0.15, -0.1) is 0 Å². The van der Waals surface area contributed by atoms with Gasteiger partial charge in [-0.05, 0) is 80.6 Å². The van der Waals surface area contributed by atoms with Gasteiger partial charge in [0.1, 0.15) is 10.4 Å². The number of benzene rings is 1. The monoisotopic (exact) mass is 386 g/mol. The molecule has 0 bridgehead atoms. The fourth-order valence-electron chi connectivity index (χ4n) is 1.97. The number of rotatable bonds is 3. The number of hydrogen-bond donors (Lipinski definition) is 1. The number of pyridine rings is 1. The Morgan fingerprint density at radius 2 is 2.00 bits per heavy atom. The van der Waals surface area contributed by atoms with E-state index < -0.39 is 0 Å². The third-order valence-electron chi connectivity index (χ3n) is 2.75. The summed E-state index contributed by atoms with van der Waals surface area (Å²) in [5.74, 6) is -0.233. The van der Waals surface area contributed by atoms with Crippen molar-refractivity contribution in [2.75, 3.05) is 0 Å². The minimum atomic E-state index is -0.284. The molecule has 0 saturated heterocycles. The largest absolute Gasteiger partial charge is 0.322 e. The van der Waals surface area contributed by atoms with Crippen LogP contribution in [0.4, 0.5) is 4.39 Å². The van der Waals surface area contributed by atoms with Gasteiger partial charge < -0.3 is 5.73 Å². The minimum Gasteiger partial charge on any atom is -0.322 e. The van der Waals surface area contributed by atoms with E-state index in [2.05, 4.69) is 36.8 Å². The van der Waals surface area contributed by atoms with Crippen LogP contribution in [0.1, 0.15) is 22.9 Å². The van der Waals surface area contributed by atoms with E-state index in [-0.39, 0.29) is 11.9 Å². The zero-order valence-corrected chi connectivity index (χ0v) is 13.5. The molecule has 0 saturated carbocycles. The first-order valence-corrected chi connectivity index (χ1v) is 7.38. The van der Waals surface area contributed by atoms with Crippen LogP contribution in [0.3, 0.4) is 0 Å².